The second-order valence-corrected chi connectivity index (χ2v) is 3.73. The van der Waals surface area contributed by atoms with Gasteiger partial charge in [0.25, 0.3) is 5.24 Å². The topological polar surface area (TPSA) is 64.7 Å². The molecule has 0 saturated carbocycles. The van der Waals surface area contributed by atoms with Gasteiger partial charge in [0, 0.05) is 10.9 Å². The van der Waals surface area contributed by atoms with Crippen molar-refractivity contribution >= 4 is 27.6 Å². The molecule has 2 rings (SSSR count). The standard InChI is InChI=1S/C13H5ClN2O/c14-13(17)11-5-8(6-15)12(7-16)10-4-2-1-3-9(10)11/h1-5H. The van der Waals surface area contributed by atoms with Crippen LogP contribution in [-0.4, -0.2) is 5.24 Å². The summed E-state index contributed by atoms with van der Waals surface area (Å²) < 4.78 is 0. The average Bonchev–Trinajstić information content (AvgIpc) is 2.36. The van der Waals surface area contributed by atoms with E-state index in [-0.39, 0.29) is 16.7 Å². The minimum atomic E-state index is -0.637. The van der Waals surface area contributed by atoms with E-state index in [1.807, 2.05) is 12.1 Å². The molecule has 0 aliphatic heterocycles. The number of benzene rings is 2. The van der Waals surface area contributed by atoms with Crippen LogP contribution >= 0.6 is 11.6 Å². The van der Waals surface area contributed by atoms with Crippen LogP contribution in [0, 0.1) is 22.7 Å². The Labute approximate surface area is 102 Å². The second-order valence-electron chi connectivity index (χ2n) is 3.39. The number of carbonyl (C=O) groups is 1. The van der Waals surface area contributed by atoms with Gasteiger partial charge in [-0.25, -0.2) is 0 Å². The summed E-state index contributed by atoms with van der Waals surface area (Å²) >= 11 is 5.48. The Kier molecular flexibility index (Phi) is 2.78. The van der Waals surface area contributed by atoms with Gasteiger partial charge in [0.1, 0.15) is 12.1 Å². The molecule has 0 heterocycles. The number of nitrogens with zero attached hydrogens (tertiary/aromatic N) is 2. The lowest BCUT2D eigenvalue weighted by Gasteiger charge is -2.05. The number of nitriles is 2. The fraction of sp³-hybridized carbons (Fsp3) is 0. The Bertz CT molecular complexity index is 708. The van der Waals surface area contributed by atoms with Gasteiger partial charge in [-0.3, -0.25) is 4.79 Å². The minimum Gasteiger partial charge on any atom is -0.276 e. The molecule has 4 heteroatoms. The zero-order valence-corrected chi connectivity index (χ0v) is 9.32. The molecule has 0 radical (unpaired) electrons. The summed E-state index contributed by atoms with van der Waals surface area (Å²) in [6, 6.07) is 12.1. The maximum absolute atomic E-state index is 11.3. The summed E-state index contributed by atoms with van der Waals surface area (Å²) in [4.78, 5) is 11.3. The quantitative estimate of drug-likeness (QED) is 0.720. The van der Waals surface area contributed by atoms with Gasteiger partial charge in [-0.15, -0.1) is 0 Å². The van der Waals surface area contributed by atoms with E-state index >= 15 is 0 Å². The third-order valence-electron chi connectivity index (χ3n) is 2.49. The molecule has 3 nitrogen and oxygen atoms in total. The molecule has 2 aromatic carbocycles. The van der Waals surface area contributed by atoms with Gasteiger partial charge in [-0.2, -0.15) is 10.5 Å². The van der Waals surface area contributed by atoms with Crippen LogP contribution in [0.4, 0.5) is 0 Å². The molecule has 17 heavy (non-hydrogen) atoms. The van der Waals surface area contributed by atoms with E-state index < -0.39 is 5.24 Å². The number of hydrogen-bond acceptors (Lipinski definition) is 3. The van der Waals surface area contributed by atoms with Crippen LogP contribution in [-0.2, 0) is 0 Å². The van der Waals surface area contributed by atoms with Gasteiger partial charge in [-0.1, -0.05) is 24.3 Å². The van der Waals surface area contributed by atoms with Crippen molar-refractivity contribution in [1.29, 1.82) is 10.5 Å². The largest absolute Gasteiger partial charge is 0.276 e. The summed E-state index contributed by atoms with van der Waals surface area (Å²) in [5, 5.41) is 18.5. The van der Waals surface area contributed by atoms with Crippen molar-refractivity contribution in [3.8, 4) is 12.1 Å². The monoisotopic (exact) mass is 240 g/mol. The Morgan fingerprint density at radius 1 is 1.12 bits per heavy atom. The first-order chi connectivity index (χ1) is 8.19. The van der Waals surface area contributed by atoms with E-state index in [0.717, 1.165) is 0 Å². The lowest BCUT2D eigenvalue weighted by Crippen LogP contribution is -1.96. The normalized spacial score (nSPS) is 9.59. The predicted molar refractivity (Wildman–Crippen MR) is 63.6 cm³/mol. The molecule has 80 valence electrons. The number of fused-ring (bicyclic) bond motifs is 1. The summed E-state index contributed by atoms with van der Waals surface area (Å²) in [6.07, 6.45) is 0. The molecular weight excluding hydrogens is 236 g/mol. The molecule has 2 aromatic rings. The molecule has 0 fully saturated rings. The molecular formula is C13H5ClN2O. The highest BCUT2D eigenvalue weighted by Crippen LogP contribution is 2.26. The summed E-state index contributed by atoms with van der Waals surface area (Å²) in [6.45, 7) is 0. The van der Waals surface area contributed by atoms with Crippen molar-refractivity contribution in [3.05, 3.63) is 47.0 Å². The molecule has 0 aromatic heterocycles. The molecule has 0 amide bonds. The average molecular weight is 241 g/mol. The number of halogens is 1. The highest BCUT2D eigenvalue weighted by molar-refractivity contribution is 6.68. The van der Waals surface area contributed by atoms with Gasteiger partial charge in [-0.05, 0) is 23.1 Å². The van der Waals surface area contributed by atoms with Crippen molar-refractivity contribution in [2.75, 3.05) is 0 Å². The van der Waals surface area contributed by atoms with Crippen molar-refractivity contribution in [2.45, 2.75) is 0 Å². The zero-order valence-electron chi connectivity index (χ0n) is 8.57. The minimum absolute atomic E-state index is 0.162. The van der Waals surface area contributed by atoms with Crippen LogP contribution in [0.15, 0.2) is 30.3 Å². The number of hydrogen-bond donors (Lipinski definition) is 0. The Hall–Kier alpha value is -2.36. The van der Waals surface area contributed by atoms with Crippen molar-refractivity contribution in [3.63, 3.8) is 0 Å². The van der Waals surface area contributed by atoms with Crippen LogP contribution in [0.5, 0.6) is 0 Å². The second kappa shape index (κ2) is 4.25. The molecule has 0 N–H and O–H groups in total. The molecule has 0 bridgehead atoms. The third kappa shape index (κ3) is 1.73. The highest BCUT2D eigenvalue weighted by Gasteiger charge is 2.14. The maximum atomic E-state index is 11.3. The molecule has 0 unspecified atom stereocenters. The zero-order chi connectivity index (χ0) is 12.4. The molecule has 0 saturated heterocycles. The van der Waals surface area contributed by atoms with E-state index in [0.29, 0.717) is 10.8 Å². The van der Waals surface area contributed by atoms with Crippen LogP contribution < -0.4 is 0 Å². The SMILES string of the molecule is N#Cc1cc(C(=O)Cl)c2ccccc2c1C#N. The van der Waals surface area contributed by atoms with Crippen molar-refractivity contribution < 1.29 is 4.79 Å². The van der Waals surface area contributed by atoms with Crippen LogP contribution in [0.1, 0.15) is 21.5 Å². The first-order valence-corrected chi connectivity index (χ1v) is 5.12. The highest BCUT2D eigenvalue weighted by atomic mass is 35.5. The number of carbonyl (C=O) groups excluding carboxylic acids is 1. The van der Waals surface area contributed by atoms with Crippen LogP contribution in [0.25, 0.3) is 10.8 Å². The van der Waals surface area contributed by atoms with Gasteiger partial charge in [0.15, 0.2) is 0 Å². The smallest absolute Gasteiger partial charge is 0.253 e. The van der Waals surface area contributed by atoms with E-state index in [4.69, 9.17) is 22.1 Å². The number of rotatable bonds is 1. The van der Waals surface area contributed by atoms with Crippen LogP contribution in [0.3, 0.4) is 0 Å². The maximum Gasteiger partial charge on any atom is 0.253 e. The third-order valence-corrected chi connectivity index (χ3v) is 2.69. The van der Waals surface area contributed by atoms with E-state index in [2.05, 4.69) is 0 Å². The Balaban J connectivity index is 3.03. The summed E-state index contributed by atoms with van der Waals surface area (Å²) in [5.74, 6) is 0. The summed E-state index contributed by atoms with van der Waals surface area (Å²) in [5.41, 5.74) is 0.679. The fourth-order valence-electron chi connectivity index (χ4n) is 1.75. The van der Waals surface area contributed by atoms with Gasteiger partial charge in [0.2, 0.25) is 0 Å². The molecule has 0 atom stereocenters. The van der Waals surface area contributed by atoms with E-state index in [9.17, 15) is 4.79 Å². The van der Waals surface area contributed by atoms with E-state index in [1.165, 1.54) is 6.07 Å². The van der Waals surface area contributed by atoms with Gasteiger partial charge < -0.3 is 0 Å². The first kappa shape index (κ1) is 11.1. The Morgan fingerprint density at radius 2 is 1.76 bits per heavy atom. The van der Waals surface area contributed by atoms with Gasteiger partial charge in [0.05, 0.1) is 11.1 Å². The molecule has 0 spiro atoms. The van der Waals surface area contributed by atoms with E-state index in [1.54, 1.807) is 24.3 Å². The lowest BCUT2D eigenvalue weighted by atomic mass is 9.96. The predicted octanol–water partition coefficient (Wildman–Crippen LogP) is 2.96. The molecule has 0 aliphatic rings. The van der Waals surface area contributed by atoms with Crippen molar-refractivity contribution in [2.24, 2.45) is 0 Å². The molecule has 0 aliphatic carbocycles. The summed E-state index contributed by atoms with van der Waals surface area (Å²) in [7, 11) is 0. The fourth-order valence-corrected chi connectivity index (χ4v) is 1.90. The Morgan fingerprint density at radius 3 is 2.29 bits per heavy atom. The van der Waals surface area contributed by atoms with Gasteiger partial charge >= 0.3 is 0 Å². The lowest BCUT2D eigenvalue weighted by molar-refractivity contribution is 0.108. The van der Waals surface area contributed by atoms with Crippen molar-refractivity contribution in [1.82, 2.24) is 0 Å². The first-order valence-electron chi connectivity index (χ1n) is 4.75. The van der Waals surface area contributed by atoms with Crippen LogP contribution in [0.2, 0.25) is 0 Å².